The summed E-state index contributed by atoms with van der Waals surface area (Å²) in [5, 5.41) is 2.04. The van der Waals surface area contributed by atoms with E-state index in [2.05, 4.69) is 4.90 Å². The molecule has 4 rings (SSSR count). The van der Waals surface area contributed by atoms with E-state index >= 15 is 0 Å². The monoisotopic (exact) mass is 382 g/mol. The lowest BCUT2D eigenvalue weighted by Gasteiger charge is -2.37. The van der Waals surface area contributed by atoms with E-state index in [9.17, 15) is 4.79 Å². The van der Waals surface area contributed by atoms with Crippen molar-refractivity contribution in [3.63, 3.8) is 0 Å². The Morgan fingerprint density at radius 1 is 1.30 bits per heavy atom. The molecule has 0 aliphatic carbocycles. The Hall–Kier alpha value is -2.11. The number of piperazine rings is 1. The van der Waals surface area contributed by atoms with E-state index in [1.165, 1.54) is 30.7 Å². The van der Waals surface area contributed by atoms with E-state index in [-0.39, 0.29) is 5.91 Å². The maximum Gasteiger partial charge on any atom is 0.264 e. The minimum Gasteiger partial charge on any atom is -0.488 e. The fourth-order valence-corrected chi connectivity index (χ4v) is 4.85. The van der Waals surface area contributed by atoms with Gasteiger partial charge in [-0.05, 0) is 43.8 Å². The molecule has 2 aliphatic heterocycles. The molecule has 0 spiro atoms. The molecule has 142 valence electrons. The molecule has 0 bridgehead atoms. The molecule has 27 heavy (non-hydrogen) atoms. The topological polar surface area (TPSA) is 32.8 Å². The van der Waals surface area contributed by atoms with Crippen molar-refractivity contribution >= 4 is 23.3 Å². The van der Waals surface area contributed by atoms with Gasteiger partial charge in [-0.25, -0.2) is 0 Å². The van der Waals surface area contributed by atoms with Crippen LogP contribution < -0.4 is 4.74 Å². The number of carbonyl (C=O) groups is 1. The lowest BCUT2D eigenvalue weighted by atomic mass is 10.1. The lowest BCUT2D eigenvalue weighted by Crippen LogP contribution is -2.51. The number of hydrogen-bond donors (Lipinski definition) is 0. The van der Waals surface area contributed by atoms with Crippen molar-refractivity contribution in [1.29, 1.82) is 0 Å². The highest BCUT2D eigenvalue weighted by molar-refractivity contribution is 7.12. The van der Waals surface area contributed by atoms with Crippen molar-refractivity contribution in [1.82, 2.24) is 9.80 Å². The van der Waals surface area contributed by atoms with Gasteiger partial charge in [0.1, 0.15) is 12.4 Å². The van der Waals surface area contributed by atoms with Crippen molar-refractivity contribution in [3.05, 3.63) is 57.8 Å². The second-order valence-corrected chi connectivity index (χ2v) is 8.14. The third-order valence-corrected chi connectivity index (χ3v) is 6.37. The van der Waals surface area contributed by atoms with Crippen LogP contribution in [0.15, 0.2) is 41.8 Å². The highest BCUT2D eigenvalue weighted by atomic mass is 32.1. The van der Waals surface area contributed by atoms with E-state index in [0.717, 1.165) is 41.4 Å². The summed E-state index contributed by atoms with van der Waals surface area (Å²) in [4.78, 5) is 18.3. The fourth-order valence-electron chi connectivity index (χ4n) is 3.99. The number of rotatable bonds is 5. The molecule has 0 N–H and O–H groups in total. The van der Waals surface area contributed by atoms with Crippen LogP contribution in [0.4, 0.5) is 0 Å². The van der Waals surface area contributed by atoms with E-state index in [0.29, 0.717) is 12.6 Å². The first kappa shape index (κ1) is 18.3. The molecule has 4 nitrogen and oxygen atoms in total. The Balaban J connectivity index is 1.38. The Morgan fingerprint density at radius 2 is 2.19 bits per heavy atom. The van der Waals surface area contributed by atoms with Gasteiger partial charge in [-0.3, -0.25) is 9.69 Å². The fraction of sp³-hybridized carbons (Fsp3) is 0.409. The summed E-state index contributed by atoms with van der Waals surface area (Å²) >= 11 is 1.53. The average Bonchev–Trinajstić information content (AvgIpc) is 3.36. The zero-order valence-electron chi connectivity index (χ0n) is 15.8. The number of allylic oxidation sites excluding steroid dienone is 1. The van der Waals surface area contributed by atoms with Gasteiger partial charge in [0, 0.05) is 36.8 Å². The summed E-state index contributed by atoms with van der Waals surface area (Å²) < 4.78 is 5.99. The standard InChI is InChI=1S/C22H26N2O2S/c1-2-6-18-7-3-4-9-20(18)26-15-17-13-21(27-16-17)22(25)24-12-11-23-10-5-8-19(23)14-24/h2-4,6-7,9,13,16,19H,5,8,10-12,14-15H2,1H3/b6-2+. The van der Waals surface area contributed by atoms with Gasteiger partial charge >= 0.3 is 0 Å². The van der Waals surface area contributed by atoms with Crippen LogP contribution in [0.1, 0.15) is 40.6 Å². The number of hydrogen-bond acceptors (Lipinski definition) is 4. The molecule has 0 radical (unpaired) electrons. The van der Waals surface area contributed by atoms with Crippen molar-refractivity contribution in [2.24, 2.45) is 0 Å². The number of thiophene rings is 1. The van der Waals surface area contributed by atoms with Gasteiger partial charge in [-0.15, -0.1) is 11.3 Å². The molecule has 5 heteroatoms. The molecule has 1 amide bonds. The van der Waals surface area contributed by atoms with Crippen LogP contribution in [0, 0.1) is 0 Å². The number of amides is 1. The first-order valence-electron chi connectivity index (χ1n) is 9.70. The molecule has 3 heterocycles. The molecule has 2 saturated heterocycles. The molecule has 1 aromatic heterocycles. The van der Waals surface area contributed by atoms with Crippen LogP contribution in [-0.4, -0.2) is 47.9 Å². The summed E-state index contributed by atoms with van der Waals surface area (Å²) in [6.07, 6.45) is 6.54. The van der Waals surface area contributed by atoms with Gasteiger partial charge in [0.05, 0.1) is 4.88 Å². The molecule has 1 unspecified atom stereocenters. The molecule has 1 aromatic carbocycles. The summed E-state index contributed by atoms with van der Waals surface area (Å²) in [5.74, 6) is 1.04. The molecule has 2 aliphatic rings. The SMILES string of the molecule is C/C=C/c1ccccc1OCc1csc(C(=O)N2CCN3CCCC3C2)c1. The van der Waals surface area contributed by atoms with E-state index in [4.69, 9.17) is 4.74 Å². The Morgan fingerprint density at radius 3 is 3.07 bits per heavy atom. The summed E-state index contributed by atoms with van der Waals surface area (Å²) in [6, 6.07) is 10.6. The quantitative estimate of drug-likeness (QED) is 0.774. The maximum atomic E-state index is 12.9. The van der Waals surface area contributed by atoms with Crippen molar-refractivity contribution in [3.8, 4) is 5.75 Å². The van der Waals surface area contributed by atoms with Gasteiger partial charge in [0.25, 0.3) is 5.91 Å². The number of benzene rings is 1. The molecule has 0 saturated carbocycles. The Labute approximate surface area is 165 Å². The van der Waals surface area contributed by atoms with E-state index in [1.54, 1.807) is 0 Å². The van der Waals surface area contributed by atoms with Crippen LogP contribution in [0.25, 0.3) is 6.08 Å². The van der Waals surface area contributed by atoms with Crippen LogP contribution >= 0.6 is 11.3 Å². The Kier molecular flexibility index (Phi) is 5.60. The van der Waals surface area contributed by atoms with Crippen LogP contribution in [0.2, 0.25) is 0 Å². The van der Waals surface area contributed by atoms with Gasteiger partial charge in [-0.1, -0.05) is 30.4 Å². The third kappa shape index (κ3) is 4.09. The summed E-state index contributed by atoms with van der Waals surface area (Å²) in [7, 11) is 0. The van der Waals surface area contributed by atoms with Gasteiger partial charge in [-0.2, -0.15) is 0 Å². The normalized spacial score (nSPS) is 20.2. The molecule has 1 atom stereocenters. The predicted molar refractivity (Wildman–Crippen MR) is 110 cm³/mol. The third-order valence-electron chi connectivity index (χ3n) is 5.40. The first-order chi connectivity index (χ1) is 13.2. The smallest absolute Gasteiger partial charge is 0.264 e. The van der Waals surface area contributed by atoms with Crippen LogP contribution in [-0.2, 0) is 6.61 Å². The number of para-hydroxylation sites is 1. The summed E-state index contributed by atoms with van der Waals surface area (Å²) in [6.45, 7) is 6.41. The second kappa shape index (κ2) is 8.28. The largest absolute Gasteiger partial charge is 0.488 e. The highest BCUT2D eigenvalue weighted by Gasteiger charge is 2.33. The van der Waals surface area contributed by atoms with Gasteiger partial charge in [0.2, 0.25) is 0 Å². The van der Waals surface area contributed by atoms with Crippen LogP contribution in [0.3, 0.4) is 0 Å². The number of fused-ring (bicyclic) bond motifs is 1. The van der Waals surface area contributed by atoms with Crippen molar-refractivity contribution < 1.29 is 9.53 Å². The number of ether oxygens (including phenoxy) is 1. The minimum absolute atomic E-state index is 0.173. The lowest BCUT2D eigenvalue weighted by molar-refractivity contribution is 0.0576. The van der Waals surface area contributed by atoms with Gasteiger partial charge < -0.3 is 9.64 Å². The zero-order chi connectivity index (χ0) is 18.6. The predicted octanol–water partition coefficient (Wildman–Crippen LogP) is 4.28. The molecule has 2 aromatic rings. The molecular weight excluding hydrogens is 356 g/mol. The molecular formula is C22H26N2O2S. The highest BCUT2D eigenvalue weighted by Crippen LogP contribution is 2.25. The second-order valence-electron chi connectivity index (χ2n) is 7.23. The summed E-state index contributed by atoms with van der Waals surface area (Å²) in [5.41, 5.74) is 2.12. The Bertz CT molecular complexity index is 829. The number of carbonyl (C=O) groups excluding carboxylic acids is 1. The van der Waals surface area contributed by atoms with Gasteiger partial charge in [0.15, 0.2) is 0 Å². The van der Waals surface area contributed by atoms with E-state index < -0.39 is 0 Å². The van der Waals surface area contributed by atoms with Crippen molar-refractivity contribution in [2.45, 2.75) is 32.4 Å². The average molecular weight is 383 g/mol. The zero-order valence-corrected chi connectivity index (χ0v) is 16.6. The molecule has 2 fully saturated rings. The van der Waals surface area contributed by atoms with Crippen molar-refractivity contribution in [2.75, 3.05) is 26.2 Å². The first-order valence-corrected chi connectivity index (χ1v) is 10.6. The van der Waals surface area contributed by atoms with E-state index in [1.807, 2.05) is 59.7 Å². The van der Waals surface area contributed by atoms with Crippen LogP contribution in [0.5, 0.6) is 5.75 Å². The minimum atomic E-state index is 0.173. The maximum absolute atomic E-state index is 12.9. The number of nitrogens with zero attached hydrogens (tertiary/aromatic N) is 2.